The van der Waals surface area contributed by atoms with Crippen molar-refractivity contribution in [3.8, 4) is 0 Å². The van der Waals surface area contributed by atoms with Crippen LogP contribution in [0.1, 0.15) is 51.5 Å². The number of nitrogens with one attached hydrogen (secondary N) is 4. The van der Waals surface area contributed by atoms with Crippen LogP contribution in [0, 0.1) is 5.92 Å². The van der Waals surface area contributed by atoms with Crippen molar-refractivity contribution in [2.45, 2.75) is 76.5 Å². The fraction of sp³-hybridized carbons (Fsp3) is 0.481. The van der Waals surface area contributed by atoms with Crippen LogP contribution in [0.3, 0.4) is 0 Å². The fourth-order valence-corrected chi connectivity index (χ4v) is 4.18. The molecule has 0 saturated heterocycles. The number of benzene rings is 1. The first-order valence-corrected chi connectivity index (χ1v) is 13.3. The standard InChI is InChI=1S/C27H38N6O8/c1-3-14(2)23(27(40)41)33-26(39)20(12-15-13-30-18-7-5-4-6-16(15)18)32-25(38)19(9-11-22(35)36)31-24(37)17(28)8-10-21(29)34/h4-7,13-14,17,19-20,23,30H,3,8-12,28H2,1-2H3,(H2,29,34)(H,31,37)(H,32,38)(H,33,39)(H,35,36)(H,40,41). The zero-order valence-corrected chi connectivity index (χ0v) is 23.0. The van der Waals surface area contributed by atoms with E-state index < -0.39 is 72.1 Å². The number of fused-ring (bicyclic) bond motifs is 1. The molecule has 2 rings (SSSR count). The number of para-hydroxylation sites is 1. The molecule has 0 aliphatic carbocycles. The minimum absolute atomic E-state index is 0.0356. The maximum absolute atomic E-state index is 13.4. The monoisotopic (exact) mass is 574 g/mol. The summed E-state index contributed by atoms with van der Waals surface area (Å²) in [6.07, 6.45) is 1.04. The molecule has 0 bridgehead atoms. The van der Waals surface area contributed by atoms with Gasteiger partial charge >= 0.3 is 11.9 Å². The van der Waals surface area contributed by atoms with E-state index in [2.05, 4.69) is 20.9 Å². The van der Waals surface area contributed by atoms with E-state index in [1.807, 2.05) is 18.2 Å². The summed E-state index contributed by atoms with van der Waals surface area (Å²) < 4.78 is 0. The number of nitrogens with two attached hydrogens (primary N) is 2. The van der Waals surface area contributed by atoms with Gasteiger partial charge in [0.1, 0.15) is 18.1 Å². The molecule has 14 heteroatoms. The number of aliphatic carboxylic acids is 2. The predicted molar refractivity (Wildman–Crippen MR) is 148 cm³/mol. The van der Waals surface area contributed by atoms with Crippen LogP contribution in [0.5, 0.6) is 0 Å². The van der Waals surface area contributed by atoms with Gasteiger partial charge in [0.05, 0.1) is 6.04 Å². The molecule has 5 unspecified atom stereocenters. The highest BCUT2D eigenvalue weighted by atomic mass is 16.4. The van der Waals surface area contributed by atoms with Crippen LogP contribution in [-0.4, -0.2) is 74.9 Å². The zero-order valence-electron chi connectivity index (χ0n) is 23.0. The van der Waals surface area contributed by atoms with Gasteiger partial charge < -0.3 is 42.6 Å². The highest BCUT2D eigenvalue weighted by molar-refractivity contribution is 5.95. The van der Waals surface area contributed by atoms with Gasteiger partial charge in [0.2, 0.25) is 23.6 Å². The molecular formula is C27H38N6O8. The second-order valence-corrected chi connectivity index (χ2v) is 9.94. The summed E-state index contributed by atoms with van der Waals surface area (Å²) in [5.41, 5.74) is 12.3. The summed E-state index contributed by atoms with van der Waals surface area (Å²) in [4.78, 5) is 76.6. The average Bonchev–Trinajstić information content (AvgIpc) is 3.33. The van der Waals surface area contributed by atoms with Crippen molar-refractivity contribution in [2.75, 3.05) is 0 Å². The van der Waals surface area contributed by atoms with Crippen LogP contribution in [0.15, 0.2) is 30.5 Å². The van der Waals surface area contributed by atoms with E-state index in [1.165, 1.54) is 0 Å². The minimum Gasteiger partial charge on any atom is -0.481 e. The van der Waals surface area contributed by atoms with Crippen molar-refractivity contribution >= 4 is 46.5 Å². The molecule has 0 fully saturated rings. The maximum atomic E-state index is 13.4. The number of H-pyrrole nitrogens is 1. The summed E-state index contributed by atoms with van der Waals surface area (Å²) in [6.45, 7) is 3.45. The summed E-state index contributed by atoms with van der Waals surface area (Å²) in [5, 5.41) is 27.1. The van der Waals surface area contributed by atoms with Crippen LogP contribution < -0.4 is 27.4 Å². The summed E-state index contributed by atoms with van der Waals surface area (Å²) in [5.74, 6) is -5.98. The first-order valence-electron chi connectivity index (χ1n) is 13.3. The van der Waals surface area contributed by atoms with Crippen molar-refractivity contribution in [1.82, 2.24) is 20.9 Å². The number of carbonyl (C=O) groups is 6. The molecule has 5 atom stereocenters. The van der Waals surface area contributed by atoms with Gasteiger partial charge in [0, 0.05) is 36.4 Å². The Morgan fingerprint density at radius 2 is 1.54 bits per heavy atom. The van der Waals surface area contributed by atoms with Gasteiger partial charge in [-0.05, 0) is 30.4 Å². The Morgan fingerprint density at radius 3 is 2.15 bits per heavy atom. The van der Waals surface area contributed by atoms with Crippen molar-refractivity contribution in [3.05, 3.63) is 36.0 Å². The highest BCUT2D eigenvalue weighted by Gasteiger charge is 2.32. The molecule has 0 aliphatic heterocycles. The topological polar surface area (TPSA) is 247 Å². The Labute approximate surface area is 236 Å². The molecule has 2 aromatic rings. The van der Waals surface area contributed by atoms with Crippen LogP contribution in [0.25, 0.3) is 10.9 Å². The van der Waals surface area contributed by atoms with Crippen molar-refractivity contribution in [1.29, 1.82) is 0 Å². The van der Waals surface area contributed by atoms with E-state index in [1.54, 1.807) is 26.1 Å². The number of aromatic nitrogens is 1. The largest absolute Gasteiger partial charge is 0.481 e. The number of primary amides is 1. The van der Waals surface area contributed by atoms with E-state index in [0.717, 1.165) is 10.9 Å². The molecule has 0 spiro atoms. The Hall–Kier alpha value is -4.46. The lowest BCUT2D eigenvalue weighted by Crippen LogP contribution is -2.58. The number of aromatic amines is 1. The maximum Gasteiger partial charge on any atom is 0.326 e. The van der Waals surface area contributed by atoms with Crippen LogP contribution in [0.2, 0.25) is 0 Å². The van der Waals surface area contributed by atoms with E-state index in [4.69, 9.17) is 16.6 Å². The normalized spacial score (nSPS) is 14.7. The van der Waals surface area contributed by atoms with Gasteiger partial charge in [0.25, 0.3) is 0 Å². The number of hydrogen-bond acceptors (Lipinski definition) is 7. The van der Waals surface area contributed by atoms with Crippen LogP contribution in [-0.2, 0) is 35.2 Å². The fourth-order valence-electron chi connectivity index (χ4n) is 4.18. The smallest absolute Gasteiger partial charge is 0.326 e. The van der Waals surface area contributed by atoms with E-state index >= 15 is 0 Å². The molecule has 1 heterocycles. The number of amides is 4. The molecule has 14 nitrogen and oxygen atoms in total. The molecule has 10 N–H and O–H groups in total. The third-order valence-corrected chi connectivity index (χ3v) is 6.83. The second kappa shape index (κ2) is 15.4. The van der Waals surface area contributed by atoms with Crippen LogP contribution in [0.4, 0.5) is 0 Å². The Bertz CT molecular complexity index is 1260. The van der Waals surface area contributed by atoms with Gasteiger partial charge in [-0.2, -0.15) is 0 Å². The lowest BCUT2D eigenvalue weighted by molar-refractivity contribution is -0.143. The van der Waals surface area contributed by atoms with Gasteiger partial charge in [-0.15, -0.1) is 0 Å². The van der Waals surface area contributed by atoms with Gasteiger partial charge in [-0.3, -0.25) is 24.0 Å². The van der Waals surface area contributed by atoms with Gasteiger partial charge in [-0.1, -0.05) is 38.5 Å². The number of carboxylic acid groups (broad SMARTS) is 2. The molecule has 41 heavy (non-hydrogen) atoms. The third kappa shape index (κ3) is 9.90. The first kappa shape index (κ1) is 32.8. The average molecular weight is 575 g/mol. The lowest BCUT2D eigenvalue weighted by atomic mass is 9.97. The van der Waals surface area contributed by atoms with Crippen molar-refractivity contribution in [3.63, 3.8) is 0 Å². The first-order chi connectivity index (χ1) is 19.3. The molecule has 4 amide bonds. The molecule has 0 saturated carbocycles. The number of hydrogen-bond donors (Lipinski definition) is 8. The highest BCUT2D eigenvalue weighted by Crippen LogP contribution is 2.20. The number of carboxylic acids is 2. The Morgan fingerprint density at radius 1 is 0.902 bits per heavy atom. The molecule has 224 valence electrons. The summed E-state index contributed by atoms with van der Waals surface area (Å²) >= 11 is 0. The third-order valence-electron chi connectivity index (χ3n) is 6.83. The Balaban J connectivity index is 2.33. The summed E-state index contributed by atoms with van der Waals surface area (Å²) in [7, 11) is 0. The molecule has 1 aromatic carbocycles. The zero-order chi connectivity index (χ0) is 30.7. The van der Waals surface area contributed by atoms with E-state index in [0.29, 0.717) is 12.0 Å². The van der Waals surface area contributed by atoms with Crippen molar-refractivity contribution < 1.29 is 39.0 Å². The minimum atomic E-state index is -1.39. The molecule has 0 aliphatic rings. The number of rotatable bonds is 17. The van der Waals surface area contributed by atoms with E-state index in [-0.39, 0.29) is 25.7 Å². The van der Waals surface area contributed by atoms with Crippen molar-refractivity contribution in [2.24, 2.45) is 17.4 Å². The predicted octanol–water partition coefficient (Wildman–Crippen LogP) is -0.247. The Kier molecular flexibility index (Phi) is 12.3. The lowest BCUT2D eigenvalue weighted by Gasteiger charge is -2.26. The second-order valence-electron chi connectivity index (χ2n) is 9.94. The molecule has 0 radical (unpaired) electrons. The van der Waals surface area contributed by atoms with E-state index in [9.17, 15) is 33.9 Å². The van der Waals surface area contributed by atoms with Gasteiger partial charge in [0.15, 0.2) is 0 Å². The quantitative estimate of drug-likeness (QED) is 0.124. The number of carbonyl (C=O) groups excluding carboxylic acids is 4. The SMILES string of the molecule is CCC(C)C(NC(=O)C(Cc1c[nH]c2ccccc12)NC(=O)C(CCC(=O)O)NC(=O)C(N)CCC(N)=O)C(=O)O. The molecular weight excluding hydrogens is 536 g/mol. The van der Waals surface area contributed by atoms with Gasteiger partial charge in [-0.25, -0.2) is 4.79 Å². The molecule has 1 aromatic heterocycles. The van der Waals surface area contributed by atoms with Crippen LogP contribution >= 0.6 is 0 Å². The summed E-state index contributed by atoms with van der Waals surface area (Å²) in [6, 6.07) is 2.19.